The van der Waals surface area contributed by atoms with Crippen LogP contribution in [-0.2, 0) is 18.4 Å². The van der Waals surface area contributed by atoms with Crippen molar-refractivity contribution in [1.29, 1.82) is 0 Å². The Morgan fingerprint density at radius 2 is 2.00 bits per heavy atom. The highest BCUT2D eigenvalue weighted by atomic mass is 16.5. The number of carboxylic acids is 1. The molecule has 4 aromatic rings. The van der Waals surface area contributed by atoms with Crippen LogP contribution in [-0.4, -0.2) is 57.1 Å². The second-order valence-corrected chi connectivity index (χ2v) is 8.94. The molecular weight excluding hydrogens is 474 g/mol. The van der Waals surface area contributed by atoms with Crippen molar-refractivity contribution in [2.45, 2.75) is 45.3 Å². The third kappa shape index (κ3) is 5.52. The second-order valence-electron chi connectivity index (χ2n) is 8.94. The number of ether oxygens (including phenoxy) is 1. The largest absolute Gasteiger partial charge is 0.489 e. The zero-order valence-corrected chi connectivity index (χ0v) is 20.6. The van der Waals surface area contributed by atoms with Gasteiger partial charge in [-0.3, -0.25) is 14.8 Å². The summed E-state index contributed by atoms with van der Waals surface area (Å²) >= 11 is 0. The Balaban J connectivity index is 1.30. The molecule has 0 saturated heterocycles. The van der Waals surface area contributed by atoms with Crippen LogP contribution in [0.1, 0.15) is 37.1 Å². The first-order chi connectivity index (χ1) is 18.0. The Hall–Kier alpha value is -4.48. The molecule has 0 aromatic carbocycles. The van der Waals surface area contributed by atoms with E-state index in [0.29, 0.717) is 59.6 Å². The number of aliphatic carboxylic acids is 1. The summed E-state index contributed by atoms with van der Waals surface area (Å²) in [5.41, 5.74) is 4.14. The molecule has 4 aromatic heterocycles. The molecule has 1 aliphatic carbocycles. The van der Waals surface area contributed by atoms with Gasteiger partial charge >= 0.3 is 5.97 Å². The van der Waals surface area contributed by atoms with E-state index < -0.39 is 5.97 Å². The summed E-state index contributed by atoms with van der Waals surface area (Å²) < 4.78 is 7.83. The average molecular weight is 502 g/mol. The van der Waals surface area contributed by atoms with Crippen molar-refractivity contribution >= 4 is 11.9 Å². The zero-order chi connectivity index (χ0) is 25.8. The van der Waals surface area contributed by atoms with Crippen LogP contribution in [0.25, 0.3) is 22.8 Å². The third-order valence-corrected chi connectivity index (χ3v) is 6.39. The maximum Gasteiger partial charge on any atom is 0.306 e. The van der Waals surface area contributed by atoms with Gasteiger partial charge in [0.15, 0.2) is 0 Å². The molecule has 37 heavy (non-hydrogen) atoms. The summed E-state index contributed by atoms with van der Waals surface area (Å²) in [5.74, 6) is -0.0210. The highest BCUT2D eigenvalue weighted by Gasteiger charge is 2.28. The van der Waals surface area contributed by atoms with Crippen LogP contribution in [0.2, 0.25) is 0 Å². The molecule has 0 aliphatic heterocycles. The average Bonchev–Trinajstić information content (AvgIpc) is 3.29. The lowest BCUT2D eigenvalue weighted by atomic mass is 9.87. The Morgan fingerprint density at radius 1 is 1.11 bits per heavy atom. The number of rotatable bonds is 8. The second kappa shape index (κ2) is 10.6. The number of pyridine rings is 1. The molecule has 1 aliphatic rings. The normalized spacial score (nSPS) is 17.4. The fourth-order valence-corrected chi connectivity index (χ4v) is 4.42. The van der Waals surface area contributed by atoms with Gasteiger partial charge in [0.1, 0.15) is 17.1 Å². The molecule has 0 spiro atoms. The van der Waals surface area contributed by atoms with Gasteiger partial charge in [-0.05, 0) is 50.8 Å². The van der Waals surface area contributed by atoms with Crippen molar-refractivity contribution < 1.29 is 14.6 Å². The minimum atomic E-state index is -0.756. The summed E-state index contributed by atoms with van der Waals surface area (Å²) in [6.07, 6.45) is 9.30. The van der Waals surface area contributed by atoms with Crippen LogP contribution >= 0.6 is 0 Å². The highest BCUT2D eigenvalue weighted by molar-refractivity contribution is 5.70. The molecule has 12 heteroatoms. The Kier molecular flexibility index (Phi) is 6.97. The Morgan fingerprint density at radius 3 is 2.78 bits per heavy atom. The van der Waals surface area contributed by atoms with Crippen LogP contribution in [0.4, 0.5) is 5.95 Å². The highest BCUT2D eigenvalue weighted by Crippen LogP contribution is 2.30. The topological polar surface area (TPSA) is 154 Å². The molecule has 0 radical (unpaired) electrons. The van der Waals surface area contributed by atoms with Gasteiger partial charge in [-0.1, -0.05) is 5.21 Å². The fraction of sp³-hybridized carbons (Fsp3) is 0.360. The molecule has 0 amide bonds. The van der Waals surface area contributed by atoms with Gasteiger partial charge < -0.3 is 15.2 Å². The van der Waals surface area contributed by atoms with Crippen molar-refractivity contribution in [2.24, 2.45) is 13.0 Å². The Bertz CT molecular complexity index is 1390. The number of hydrogen-bond acceptors (Lipinski definition) is 10. The molecule has 0 bridgehead atoms. The molecule has 1 fully saturated rings. The molecule has 0 unspecified atom stereocenters. The molecule has 12 nitrogen and oxygen atoms in total. The third-order valence-electron chi connectivity index (χ3n) is 6.39. The van der Waals surface area contributed by atoms with E-state index in [-0.39, 0.29) is 12.0 Å². The molecule has 2 N–H and O–H groups in total. The molecule has 4 heterocycles. The predicted octanol–water partition coefficient (Wildman–Crippen LogP) is 3.07. The molecule has 2 atom stereocenters. The maximum absolute atomic E-state index is 11.4. The number of carbonyl (C=O) groups is 1. The van der Waals surface area contributed by atoms with E-state index in [9.17, 15) is 9.90 Å². The first kappa shape index (κ1) is 24.2. The summed E-state index contributed by atoms with van der Waals surface area (Å²) in [6.45, 7) is 2.25. The van der Waals surface area contributed by atoms with Crippen molar-refractivity contribution in [3.05, 3.63) is 54.4 Å². The number of anilines is 1. The first-order valence-electron chi connectivity index (χ1n) is 12.1. The number of nitrogens with one attached hydrogen (secondary N) is 1. The van der Waals surface area contributed by atoms with Crippen LogP contribution in [0.5, 0.6) is 5.75 Å². The number of nitrogens with zero attached hydrogens (tertiary/aromatic N) is 8. The minimum Gasteiger partial charge on any atom is -0.489 e. The minimum absolute atomic E-state index is 0.130. The van der Waals surface area contributed by atoms with E-state index >= 15 is 0 Å². The lowest BCUT2D eigenvalue weighted by Gasteiger charge is -2.27. The van der Waals surface area contributed by atoms with Crippen molar-refractivity contribution in [3.8, 4) is 28.5 Å². The van der Waals surface area contributed by atoms with E-state index in [0.717, 1.165) is 18.5 Å². The van der Waals surface area contributed by atoms with E-state index in [1.807, 2.05) is 26.1 Å². The number of carboxylic acid groups (broad SMARTS) is 1. The van der Waals surface area contributed by atoms with E-state index in [2.05, 4.69) is 35.6 Å². The maximum atomic E-state index is 11.4. The van der Waals surface area contributed by atoms with E-state index in [1.165, 1.54) is 0 Å². The van der Waals surface area contributed by atoms with Gasteiger partial charge in [-0.15, -0.1) is 5.10 Å². The van der Waals surface area contributed by atoms with Gasteiger partial charge in [0.25, 0.3) is 0 Å². The molecule has 1 saturated carbocycles. The summed E-state index contributed by atoms with van der Waals surface area (Å²) in [7, 11) is 1.82. The summed E-state index contributed by atoms with van der Waals surface area (Å²) in [4.78, 5) is 33.3. The van der Waals surface area contributed by atoms with Crippen molar-refractivity contribution in [2.75, 3.05) is 5.32 Å². The standard InChI is InChI=1S/C25H27N9O3/c1-15-22(37-17-5-3-4-16(12-17)24(35)36)7-6-19(30-15)23-21(34(2)33-32-23)14-29-25-28-9-8-18(31-25)20-13-26-10-11-27-20/h6-11,13,16-17H,3-5,12,14H2,1-2H3,(H,35,36)(H,28,29,31)/t16-,17-/m0/s1. The monoisotopic (exact) mass is 501 g/mol. The van der Waals surface area contributed by atoms with Crippen LogP contribution in [0.15, 0.2) is 43.0 Å². The summed E-state index contributed by atoms with van der Waals surface area (Å²) in [6, 6.07) is 5.48. The van der Waals surface area contributed by atoms with E-state index in [4.69, 9.17) is 9.72 Å². The number of hydrogen-bond donors (Lipinski definition) is 2. The van der Waals surface area contributed by atoms with Gasteiger partial charge in [0.05, 0.1) is 47.5 Å². The van der Waals surface area contributed by atoms with Gasteiger partial charge in [0, 0.05) is 25.6 Å². The summed E-state index contributed by atoms with van der Waals surface area (Å²) in [5, 5.41) is 21.1. The van der Waals surface area contributed by atoms with Gasteiger partial charge in [0.2, 0.25) is 5.95 Å². The molecule has 190 valence electrons. The van der Waals surface area contributed by atoms with Crippen LogP contribution < -0.4 is 10.1 Å². The predicted molar refractivity (Wildman–Crippen MR) is 133 cm³/mol. The fourth-order valence-electron chi connectivity index (χ4n) is 4.42. The van der Waals surface area contributed by atoms with Crippen LogP contribution in [0, 0.1) is 12.8 Å². The van der Waals surface area contributed by atoms with Gasteiger partial charge in [-0.25, -0.2) is 19.6 Å². The smallest absolute Gasteiger partial charge is 0.306 e. The zero-order valence-electron chi connectivity index (χ0n) is 20.6. The van der Waals surface area contributed by atoms with Crippen molar-refractivity contribution in [3.63, 3.8) is 0 Å². The first-order valence-corrected chi connectivity index (χ1v) is 12.1. The molecular formula is C25H27N9O3. The van der Waals surface area contributed by atoms with Crippen molar-refractivity contribution in [1.82, 2.24) is 39.9 Å². The quantitative estimate of drug-likeness (QED) is 0.366. The van der Waals surface area contributed by atoms with Crippen LogP contribution in [0.3, 0.4) is 0 Å². The SMILES string of the molecule is Cc1nc(-c2nnn(C)c2CNc2nccc(-c3cnccn3)n2)ccc1O[C@H]1CCC[C@H](C(=O)O)C1. The lowest BCUT2D eigenvalue weighted by Crippen LogP contribution is -2.29. The number of aromatic nitrogens is 8. The molecule has 5 rings (SSSR count). The Labute approximate surface area is 213 Å². The van der Waals surface area contributed by atoms with Gasteiger partial charge in [-0.2, -0.15) is 0 Å². The van der Waals surface area contributed by atoms with E-state index in [1.54, 1.807) is 35.5 Å². The lowest BCUT2D eigenvalue weighted by molar-refractivity contribution is -0.143. The number of aryl methyl sites for hydroxylation is 2.